The Balaban J connectivity index is 1.74. The van der Waals surface area contributed by atoms with Gasteiger partial charge in [0.25, 0.3) is 0 Å². The molecular weight excluding hydrogens is 242 g/mol. The molecule has 1 aromatic rings. The number of piperazine rings is 1. The number of esters is 1. The fourth-order valence-electron chi connectivity index (χ4n) is 2.10. The Hall–Kier alpha value is -1.59. The van der Waals surface area contributed by atoms with Gasteiger partial charge in [-0.2, -0.15) is 0 Å². The molecule has 104 valence electrons. The summed E-state index contributed by atoms with van der Waals surface area (Å²) < 4.78 is 5.26. The van der Waals surface area contributed by atoms with E-state index in [0.717, 1.165) is 32.7 Å². The number of anilines is 1. The maximum atomic E-state index is 11.8. The van der Waals surface area contributed by atoms with E-state index >= 15 is 0 Å². The van der Waals surface area contributed by atoms with E-state index in [1.54, 1.807) is 24.3 Å². The Kier molecular flexibility index (Phi) is 4.76. The highest BCUT2D eigenvalue weighted by Gasteiger charge is 2.15. The number of nitrogens with two attached hydrogens (primary N) is 1. The van der Waals surface area contributed by atoms with Gasteiger partial charge in [-0.3, -0.25) is 4.90 Å². The summed E-state index contributed by atoms with van der Waals surface area (Å²) >= 11 is 0. The molecule has 2 N–H and O–H groups in total. The normalized spacial score (nSPS) is 17.3. The van der Waals surface area contributed by atoms with Crippen molar-refractivity contribution in [3.05, 3.63) is 29.8 Å². The Labute approximate surface area is 113 Å². The predicted octanol–water partition coefficient (Wildman–Crippen LogP) is 0.673. The van der Waals surface area contributed by atoms with E-state index in [-0.39, 0.29) is 5.97 Å². The number of ether oxygens (including phenoxy) is 1. The van der Waals surface area contributed by atoms with Crippen LogP contribution in [0, 0.1) is 0 Å². The van der Waals surface area contributed by atoms with Gasteiger partial charge >= 0.3 is 5.97 Å². The lowest BCUT2D eigenvalue weighted by Gasteiger charge is -2.32. The first-order valence-corrected chi connectivity index (χ1v) is 6.59. The van der Waals surface area contributed by atoms with Crippen LogP contribution in [0.1, 0.15) is 10.4 Å². The second-order valence-corrected chi connectivity index (χ2v) is 4.87. The monoisotopic (exact) mass is 263 g/mol. The second kappa shape index (κ2) is 6.54. The number of carbonyl (C=O) groups excluding carboxylic acids is 1. The number of benzene rings is 1. The van der Waals surface area contributed by atoms with E-state index < -0.39 is 0 Å². The molecule has 5 heteroatoms. The van der Waals surface area contributed by atoms with Gasteiger partial charge in [-0.05, 0) is 19.2 Å². The van der Waals surface area contributed by atoms with Crippen LogP contribution in [0.4, 0.5) is 5.69 Å². The second-order valence-electron chi connectivity index (χ2n) is 4.87. The highest BCUT2D eigenvalue weighted by molar-refractivity contribution is 5.94. The zero-order valence-electron chi connectivity index (χ0n) is 11.3. The predicted molar refractivity (Wildman–Crippen MR) is 75.1 cm³/mol. The third kappa shape index (κ3) is 3.94. The molecule has 1 aliphatic heterocycles. The highest BCUT2D eigenvalue weighted by atomic mass is 16.5. The Bertz CT molecular complexity index is 428. The number of para-hydroxylation sites is 1. The van der Waals surface area contributed by atoms with Crippen molar-refractivity contribution in [3.63, 3.8) is 0 Å². The van der Waals surface area contributed by atoms with Gasteiger partial charge in [-0.25, -0.2) is 4.79 Å². The molecule has 0 atom stereocenters. The zero-order valence-corrected chi connectivity index (χ0v) is 11.3. The van der Waals surface area contributed by atoms with Crippen molar-refractivity contribution in [1.29, 1.82) is 0 Å². The fraction of sp³-hybridized carbons (Fsp3) is 0.500. The molecule has 0 spiro atoms. The van der Waals surface area contributed by atoms with Gasteiger partial charge in [-0.1, -0.05) is 12.1 Å². The van der Waals surface area contributed by atoms with Crippen LogP contribution in [0.5, 0.6) is 0 Å². The number of likely N-dealkylation sites (N-methyl/N-ethyl adjacent to an activating group) is 1. The molecule has 0 saturated carbocycles. The molecule has 0 aliphatic carbocycles. The van der Waals surface area contributed by atoms with E-state index in [1.165, 1.54) is 0 Å². The van der Waals surface area contributed by atoms with E-state index in [0.29, 0.717) is 17.9 Å². The van der Waals surface area contributed by atoms with Gasteiger partial charge in [0.2, 0.25) is 0 Å². The summed E-state index contributed by atoms with van der Waals surface area (Å²) in [4.78, 5) is 16.4. The van der Waals surface area contributed by atoms with Crippen LogP contribution in [0.2, 0.25) is 0 Å². The van der Waals surface area contributed by atoms with Crippen LogP contribution in [0.3, 0.4) is 0 Å². The Morgan fingerprint density at radius 1 is 1.26 bits per heavy atom. The van der Waals surface area contributed by atoms with Crippen LogP contribution in [-0.4, -0.2) is 62.1 Å². The first-order chi connectivity index (χ1) is 9.16. The third-order valence-corrected chi connectivity index (χ3v) is 3.42. The third-order valence-electron chi connectivity index (χ3n) is 3.42. The van der Waals surface area contributed by atoms with Crippen molar-refractivity contribution in [2.24, 2.45) is 0 Å². The lowest BCUT2D eigenvalue weighted by atomic mass is 10.2. The summed E-state index contributed by atoms with van der Waals surface area (Å²) in [6, 6.07) is 6.98. The molecule has 1 aromatic carbocycles. The van der Waals surface area contributed by atoms with Crippen molar-refractivity contribution in [2.45, 2.75) is 0 Å². The first kappa shape index (κ1) is 13.8. The van der Waals surface area contributed by atoms with Crippen LogP contribution in [0.15, 0.2) is 24.3 Å². The molecular formula is C14H21N3O2. The highest BCUT2D eigenvalue weighted by Crippen LogP contribution is 2.11. The smallest absolute Gasteiger partial charge is 0.340 e. The maximum absolute atomic E-state index is 11.8. The Morgan fingerprint density at radius 3 is 2.63 bits per heavy atom. The number of rotatable bonds is 4. The number of nitrogen functional groups attached to an aromatic ring is 1. The summed E-state index contributed by atoms with van der Waals surface area (Å²) in [7, 11) is 2.12. The van der Waals surface area contributed by atoms with Gasteiger partial charge in [0.1, 0.15) is 6.61 Å². The minimum absolute atomic E-state index is 0.341. The molecule has 1 aliphatic rings. The largest absolute Gasteiger partial charge is 0.461 e. The summed E-state index contributed by atoms with van der Waals surface area (Å²) in [5, 5.41) is 0. The minimum Gasteiger partial charge on any atom is -0.461 e. The van der Waals surface area contributed by atoms with Gasteiger partial charge < -0.3 is 15.4 Å². The molecule has 0 unspecified atom stereocenters. The van der Waals surface area contributed by atoms with E-state index in [1.807, 2.05) is 0 Å². The van der Waals surface area contributed by atoms with Gasteiger partial charge in [-0.15, -0.1) is 0 Å². The van der Waals surface area contributed by atoms with Crippen LogP contribution in [-0.2, 0) is 4.74 Å². The molecule has 1 saturated heterocycles. The molecule has 1 heterocycles. The topological polar surface area (TPSA) is 58.8 Å². The van der Waals surface area contributed by atoms with Gasteiger partial charge in [0.05, 0.1) is 5.56 Å². The summed E-state index contributed by atoms with van der Waals surface area (Å²) in [5.41, 5.74) is 6.64. The first-order valence-electron chi connectivity index (χ1n) is 6.59. The SMILES string of the molecule is CN1CCN(CCOC(=O)c2ccccc2N)CC1. The summed E-state index contributed by atoms with van der Waals surface area (Å²) in [6.07, 6.45) is 0. The van der Waals surface area contributed by atoms with Gasteiger partial charge in [0.15, 0.2) is 0 Å². The molecule has 0 radical (unpaired) electrons. The van der Waals surface area contributed by atoms with Crippen molar-refractivity contribution >= 4 is 11.7 Å². The number of nitrogens with zero attached hydrogens (tertiary/aromatic N) is 2. The lowest BCUT2D eigenvalue weighted by molar-refractivity contribution is 0.0433. The zero-order chi connectivity index (χ0) is 13.7. The quantitative estimate of drug-likeness (QED) is 0.639. The van der Waals surface area contributed by atoms with Crippen molar-refractivity contribution in [2.75, 3.05) is 52.1 Å². The van der Waals surface area contributed by atoms with Crippen molar-refractivity contribution in [3.8, 4) is 0 Å². The maximum Gasteiger partial charge on any atom is 0.340 e. The molecule has 0 amide bonds. The summed E-state index contributed by atoms with van der Waals surface area (Å²) in [6.45, 7) is 5.39. The van der Waals surface area contributed by atoms with E-state index in [2.05, 4.69) is 16.8 Å². The van der Waals surface area contributed by atoms with E-state index in [4.69, 9.17) is 10.5 Å². The van der Waals surface area contributed by atoms with Crippen molar-refractivity contribution in [1.82, 2.24) is 9.80 Å². The number of carbonyl (C=O) groups is 1. The van der Waals surface area contributed by atoms with Crippen LogP contribution < -0.4 is 5.73 Å². The standard InChI is InChI=1S/C14H21N3O2/c1-16-6-8-17(9-7-16)10-11-19-14(18)12-4-2-3-5-13(12)15/h2-5H,6-11,15H2,1H3. The van der Waals surface area contributed by atoms with Crippen LogP contribution >= 0.6 is 0 Å². The van der Waals surface area contributed by atoms with Crippen LogP contribution in [0.25, 0.3) is 0 Å². The molecule has 0 bridgehead atoms. The molecule has 19 heavy (non-hydrogen) atoms. The van der Waals surface area contributed by atoms with Crippen molar-refractivity contribution < 1.29 is 9.53 Å². The Morgan fingerprint density at radius 2 is 1.95 bits per heavy atom. The lowest BCUT2D eigenvalue weighted by Crippen LogP contribution is -2.45. The molecule has 5 nitrogen and oxygen atoms in total. The number of hydrogen-bond acceptors (Lipinski definition) is 5. The molecule has 2 rings (SSSR count). The fourth-order valence-corrected chi connectivity index (χ4v) is 2.10. The number of hydrogen-bond donors (Lipinski definition) is 1. The van der Waals surface area contributed by atoms with E-state index in [9.17, 15) is 4.79 Å². The summed E-state index contributed by atoms with van der Waals surface area (Å²) in [5.74, 6) is -0.341. The molecule has 1 fully saturated rings. The van der Waals surface area contributed by atoms with Gasteiger partial charge in [0, 0.05) is 38.4 Å². The average Bonchev–Trinajstić information content (AvgIpc) is 2.41. The minimum atomic E-state index is -0.341. The average molecular weight is 263 g/mol. The molecule has 0 aromatic heterocycles.